The Balaban J connectivity index is 1.47. The van der Waals surface area contributed by atoms with Crippen LogP contribution in [0.25, 0.3) is 11.0 Å². The average molecular weight is 525 g/mol. The first-order valence-electron chi connectivity index (χ1n) is 11.1. The Morgan fingerprint density at radius 3 is 2.00 bits per heavy atom. The van der Waals surface area contributed by atoms with Gasteiger partial charge in [0.05, 0.1) is 17.2 Å². The van der Waals surface area contributed by atoms with E-state index in [9.17, 15) is 13.6 Å². The third kappa shape index (κ3) is 4.12. The number of hydrogen-bond donors (Lipinski definition) is 0. The zero-order chi connectivity index (χ0) is 23.8. The largest absolute Gasteiger partial charge is 0.366 e. The van der Waals surface area contributed by atoms with Crippen LogP contribution < -0.4 is 10.5 Å². The number of anilines is 1. The van der Waals surface area contributed by atoms with E-state index in [2.05, 4.69) is 30.7 Å². The molecule has 1 fully saturated rings. The molecule has 174 valence electrons. The van der Waals surface area contributed by atoms with E-state index >= 15 is 0 Å². The van der Waals surface area contributed by atoms with Crippen LogP contribution in [-0.2, 0) is 7.05 Å². The molecule has 1 aliphatic heterocycles. The van der Waals surface area contributed by atoms with Gasteiger partial charge in [0, 0.05) is 39.4 Å². The summed E-state index contributed by atoms with van der Waals surface area (Å²) in [5, 5.41) is 0. The number of pyridine rings is 2. The fourth-order valence-corrected chi connectivity index (χ4v) is 5.41. The van der Waals surface area contributed by atoms with Crippen LogP contribution in [0, 0.1) is 11.6 Å². The number of aryl methyl sites for hydroxylation is 1. The molecule has 0 spiro atoms. The Bertz CT molecular complexity index is 1340. The van der Waals surface area contributed by atoms with Gasteiger partial charge in [-0.05, 0) is 63.5 Å². The summed E-state index contributed by atoms with van der Waals surface area (Å²) in [5.41, 5.74) is 4.15. The van der Waals surface area contributed by atoms with E-state index in [4.69, 9.17) is 0 Å². The van der Waals surface area contributed by atoms with Crippen LogP contribution in [-0.4, -0.2) is 40.6 Å². The van der Waals surface area contributed by atoms with Crippen LogP contribution in [0.1, 0.15) is 17.2 Å². The van der Waals surface area contributed by atoms with E-state index in [0.717, 1.165) is 27.8 Å². The maximum absolute atomic E-state index is 13.6. The second-order valence-corrected chi connectivity index (χ2v) is 9.22. The molecule has 0 bridgehead atoms. The minimum atomic E-state index is -0.290. The number of halogens is 3. The summed E-state index contributed by atoms with van der Waals surface area (Å²) in [7, 11) is 1.74. The highest BCUT2D eigenvalue weighted by Crippen LogP contribution is 2.34. The van der Waals surface area contributed by atoms with Crippen molar-refractivity contribution in [2.75, 3.05) is 31.1 Å². The zero-order valence-electron chi connectivity index (χ0n) is 18.6. The van der Waals surface area contributed by atoms with Gasteiger partial charge in [0.15, 0.2) is 0 Å². The molecular weight excluding hydrogens is 502 g/mol. The van der Waals surface area contributed by atoms with E-state index in [1.165, 1.54) is 24.3 Å². The van der Waals surface area contributed by atoms with Gasteiger partial charge in [0.25, 0.3) is 5.56 Å². The number of hydrogen-bond acceptors (Lipinski definition) is 4. The molecule has 0 saturated carbocycles. The first-order valence-corrected chi connectivity index (χ1v) is 11.9. The number of rotatable bonds is 4. The molecule has 0 N–H and O–H groups in total. The monoisotopic (exact) mass is 524 g/mol. The summed E-state index contributed by atoms with van der Waals surface area (Å²) < 4.78 is 29.3. The summed E-state index contributed by atoms with van der Waals surface area (Å²) in [6.45, 7) is 2.76. The topological polar surface area (TPSA) is 41.4 Å². The third-order valence-electron chi connectivity index (χ3n) is 6.44. The molecule has 5 rings (SSSR count). The van der Waals surface area contributed by atoms with E-state index in [1.54, 1.807) is 42.1 Å². The molecule has 4 aromatic rings. The van der Waals surface area contributed by atoms with Gasteiger partial charge >= 0.3 is 0 Å². The molecule has 0 amide bonds. The fourth-order valence-electron chi connectivity index (χ4n) is 4.71. The highest BCUT2D eigenvalue weighted by Gasteiger charge is 2.29. The van der Waals surface area contributed by atoms with Gasteiger partial charge in [-0.3, -0.25) is 14.7 Å². The minimum Gasteiger partial charge on any atom is -0.366 e. The van der Waals surface area contributed by atoms with Gasteiger partial charge in [0.1, 0.15) is 21.6 Å². The molecule has 0 atom stereocenters. The van der Waals surface area contributed by atoms with Crippen molar-refractivity contribution in [1.29, 1.82) is 0 Å². The van der Waals surface area contributed by atoms with E-state index in [1.807, 2.05) is 12.1 Å². The molecule has 0 unspecified atom stereocenters. The van der Waals surface area contributed by atoms with Crippen molar-refractivity contribution in [3.05, 3.63) is 104 Å². The Labute approximate surface area is 204 Å². The fraction of sp³-hybridized carbons (Fsp3) is 0.231. The maximum atomic E-state index is 13.6. The van der Waals surface area contributed by atoms with Crippen molar-refractivity contribution < 1.29 is 8.78 Å². The number of aromatic nitrogens is 2. The highest BCUT2D eigenvalue weighted by atomic mass is 79.9. The molecule has 2 aromatic carbocycles. The Kier molecular flexibility index (Phi) is 6.18. The lowest BCUT2D eigenvalue weighted by Crippen LogP contribution is -2.48. The van der Waals surface area contributed by atoms with Crippen molar-refractivity contribution in [2.24, 2.45) is 7.05 Å². The SMILES string of the molecule is Cn1c(=O)c(Br)c(N2CCN(C(c3ccc(F)cc3)c3ccc(F)cc3)CC2)c2ncccc21. The lowest BCUT2D eigenvalue weighted by molar-refractivity contribution is 0.212. The Morgan fingerprint density at radius 1 is 0.882 bits per heavy atom. The standard InChI is InChI=1S/C26H23BrF2N4O/c1-31-21-3-2-12-30-23(21)25(22(27)26(31)34)33-15-13-32(14-16-33)24(17-4-8-19(28)9-5-17)18-6-10-20(29)11-7-18/h2-12,24H,13-16H2,1H3. The van der Waals surface area contributed by atoms with Gasteiger partial charge in [-0.15, -0.1) is 0 Å². The predicted molar refractivity (Wildman–Crippen MR) is 133 cm³/mol. The molecule has 8 heteroatoms. The average Bonchev–Trinajstić information content (AvgIpc) is 2.86. The van der Waals surface area contributed by atoms with Crippen LogP contribution >= 0.6 is 15.9 Å². The second-order valence-electron chi connectivity index (χ2n) is 8.43. The molecule has 1 saturated heterocycles. The van der Waals surface area contributed by atoms with Crippen LogP contribution in [0.5, 0.6) is 0 Å². The van der Waals surface area contributed by atoms with Crippen molar-refractivity contribution in [3.63, 3.8) is 0 Å². The smallest absolute Gasteiger partial charge is 0.267 e. The summed E-state index contributed by atoms with van der Waals surface area (Å²) in [4.78, 5) is 21.9. The quantitative estimate of drug-likeness (QED) is 0.381. The number of fused-ring (bicyclic) bond motifs is 1. The molecular formula is C26H23BrF2N4O. The summed E-state index contributed by atoms with van der Waals surface area (Å²) >= 11 is 3.52. The first-order chi connectivity index (χ1) is 16.4. The summed E-state index contributed by atoms with van der Waals surface area (Å²) in [6, 6.07) is 16.5. The van der Waals surface area contributed by atoms with Gasteiger partial charge in [0.2, 0.25) is 0 Å². The lowest BCUT2D eigenvalue weighted by atomic mass is 9.96. The molecule has 34 heavy (non-hydrogen) atoms. The Hall–Kier alpha value is -3.10. The van der Waals surface area contributed by atoms with E-state index < -0.39 is 0 Å². The normalized spacial score (nSPS) is 14.8. The van der Waals surface area contributed by atoms with Crippen LogP contribution in [0.2, 0.25) is 0 Å². The van der Waals surface area contributed by atoms with Crippen LogP contribution in [0.4, 0.5) is 14.5 Å². The minimum absolute atomic E-state index is 0.103. The molecule has 3 heterocycles. The second kappa shape index (κ2) is 9.27. The van der Waals surface area contributed by atoms with Gasteiger partial charge in [-0.1, -0.05) is 24.3 Å². The van der Waals surface area contributed by atoms with E-state index in [0.29, 0.717) is 30.7 Å². The number of nitrogens with zero attached hydrogens (tertiary/aromatic N) is 4. The van der Waals surface area contributed by atoms with Crippen molar-refractivity contribution in [2.45, 2.75) is 6.04 Å². The third-order valence-corrected chi connectivity index (χ3v) is 7.15. The van der Waals surface area contributed by atoms with Crippen molar-refractivity contribution in [3.8, 4) is 0 Å². The molecule has 0 radical (unpaired) electrons. The van der Waals surface area contributed by atoms with Gasteiger partial charge in [-0.25, -0.2) is 8.78 Å². The lowest BCUT2D eigenvalue weighted by Gasteiger charge is -2.41. The predicted octanol–water partition coefficient (Wildman–Crippen LogP) is 4.89. The Morgan fingerprint density at radius 2 is 1.44 bits per heavy atom. The van der Waals surface area contributed by atoms with Gasteiger partial charge in [-0.2, -0.15) is 0 Å². The summed E-state index contributed by atoms with van der Waals surface area (Å²) in [6.07, 6.45) is 1.73. The molecule has 5 nitrogen and oxygen atoms in total. The zero-order valence-corrected chi connectivity index (χ0v) is 20.2. The van der Waals surface area contributed by atoms with Gasteiger partial charge < -0.3 is 9.47 Å². The first kappa shape index (κ1) is 22.7. The highest BCUT2D eigenvalue weighted by molar-refractivity contribution is 9.10. The van der Waals surface area contributed by atoms with E-state index in [-0.39, 0.29) is 23.2 Å². The molecule has 2 aromatic heterocycles. The maximum Gasteiger partial charge on any atom is 0.267 e. The number of benzene rings is 2. The summed E-state index contributed by atoms with van der Waals surface area (Å²) in [5.74, 6) is -0.581. The molecule has 1 aliphatic rings. The van der Waals surface area contributed by atoms with Crippen LogP contribution in [0.3, 0.4) is 0 Å². The van der Waals surface area contributed by atoms with Crippen molar-refractivity contribution in [1.82, 2.24) is 14.5 Å². The number of piperazine rings is 1. The van der Waals surface area contributed by atoms with Crippen molar-refractivity contribution >= 4 is 32.7 Å². The van der Waals surface area contributed by atoms with Crippen LogP contribution in [0.15, 0.2) is 76.1 Å². The molecule has 0 aliphatic carbocycles.